The summed E-state index contributed by atoms with van der Waals surface area (Å²) in [6, 6.07) is 10.6. The predicted octanol–water partition coefficient (Wildman–Crippen LogP) is 1.91. The van der Waals surface area contributed by atoms with Gasteiger partial charge in [-0.25, -0.2) is 0 Å². The molecule has 1 fully saturated rings. The van der Waals surface area contributed by atoms with Crippen LogP contribution in [0.3, 0.4) is 0 Å². The lowest BCUT2D eigenvalue weighted by Crippen LogP contribution is -2.39. The van der Waals surface area contributed by atoms with Crippen molar-refractivity contribution in [3.8, 4) is 0 Å². The normalized spacial score (nSPS) is 20.3. The summed E-state index contributed by atoms with van der Waals surface area (Å²) < 4.78 is 0. The number of hydrogen-bond acceptors (Lipinski definition) is 3. The van der Waals surface area contributed by atoms with Crippen LogP contribution in [-0.4, -0.2) is 53.6 Å². The van der Waals surface area contributed by atoms with Crippen molar-refractivity contribution in [3.63, 3.8) is 0 Å². The van der Waals surface area contributed by atoms with E-state index in [2.05, 4.69) is 30.9 Å². The lowest BCUT2D eigenvalue weighted by atomic mass is 10.0. The molecule has 21 heavy (non-hydrogen) atoms. The fraction of sp³-hybridized carbons (Fsp3) is 0.588. The summed E-state index contributed by atoms with van der Waals surface area (Å²) in [6.07, 6.45) is 0.482. The van der Waals surface area contributed by atoms with Crippen molar-refractivity contribution < 1.29 is 9.90 Å². The minimum atomic E-state index is 0.101. The Bertz CT molecular complexity index is 445. The topological polar surface area (TPSA) is 43.8 Å². The van der Waals surface area contributed by atoms with E-state index in [1.807, 2.05) is 23.1 Å². The van der Waals surface area contributed by atoms with Gasteiger partial charge in [-0.3, -0.25) is 9.69 Å². The van der Waals surface area contributed by atoms with E-state index >= 15 is 0 Å². The zero-order valence-corrected chi connectivity index (χ0v) is 13.0. The number of carbonyl (C=O) groups excluding carboxylic acids is 1. The summed E-state index contributed by atoms with van der Waals surface area (Å²) in [5.41, 5.74) is 1.25. The minimum Gasteiger partial charge on any atom is -0.396 e. The second-order valence-corrected chi connectivity index (χ2v) is 5.70. The standard InChI is InChI=1S/C17H26N2O2/c1-3-18(4-2)16(15-8-6-5-7-9-15)12-19-11-14(13-20)10-17(19)21/h5-9,14,16,20H,3-4,10-13H2,1-2H3. The molecule has 1 heterocycles. The van der Waals surface area contributed by atoms with Gasteiger partial charge in [-0.2, -0.15) is 0 Å². The number of likely N-dealkylation sites (tertiary alicyclic amines) is 1. The van der Waals surface area contributed by atoms with Crippen molar-refractivity contribution in [2.45, 2.75) is 26.3 Å². The number of aliphatic hydroxyl groups is 1. The average molecular weight is 290 g/mol. The van der Waals surface area contributed by atoms with E-state index in [1.165, 1.54) is 5.56 Å². The van der Waals surface area contributed by atoms with Crippen LogP contribution in [0.15, 0.2) is 30.3 Å². The van der Waals surface area contributed by atoms with E-state index in [4.69, 9.17) is 0 Å². The number of amides is 1. The molecule has 0 bridgehead atoms. The molecular formula is C17H26N2O2. The van der Waals surface area contributed by atoms with Crippen molar-refractivity contribution in [2.75, 3.05) is 32.8 Å². The van der Waals surface area contributed by atoms with Crippen LogP contribution in [0, 0.1) is 5.92 Å². The molecule has 4 heteroatoms. The number of aliphatic hydroxyl groups excluding tert-OH is 1. The molecule has 1 aliphatic rings. The number of carbonyl (C=O) groups is 1. The minimum absolute atomic E-state index is 0.101. The molecule has 2 atom stereocenters. The summed E-state index contributed by atoms with van der Waals surface area (Å²) >= 11 is 0. The van der Waals surface area contributed by atoms with Crippen LogP contribution < -0.4 is 0 Å². The monoisotopic (exact) mass is 290 g/mol. The molecule has 0 radical (unpaired) electrons. The van der Waals surface area contributed by atoms with E-state index in [9.17, 15) is 9.90 Å². The second kappa shape index (κ2) is 7.57. The van der Waals surface area contributed by atoms with Crippen molar-refractivity contribution in [3.05, 3.63) is 35.9 Å². The average Bonchev–Trinajstić information content (AvgIpc) is 2.88. The zero-order valence-electron chi connectivity index (χ0n) is 13.0. The van der Waals surface area contributed by atoms with Crippen molar-refractivity contribution >= 4 is 5.91 Å². The van der Waals surface area contributed by atoms with Crippen LogP contribution >= 0.6 is 0 Å². The SMILES string of the molecule is CCN(CC)C(CN1CC(CO)CC1=O)c1ccccc1. The van der Waals surface area contributed by atoms with Crippen LogP contribution in [0.25, 0.3) is 0 Å². The molecule has 0 spiro atoms. The van der Waals surface area contributed by atoms with Crippen LogP contribution in [-0.2, 0) is 4.79 Å². The van der Waals surface area contributed by atoms with Crippen LogP contribution in [0.2, 0.25) is 0 Å². The van der Waals surface area contributed by atoms with Gasteiger partial charge in [0.1, 0.15) is 0 Å². The maximum atomic E-state index is 12.1. The van der Waals surface area contributed by atoms with Gasteiger partial charge in [-0.05, 0) is 18.7 Å². The first kappa shape index (κ1) is 16.0. The first-order chi connectivity index (χ1) is 10.2. The van der Waals surface area contributed by atoms with Crippen molar-refractivity contribution in [2.24, 2.45) is 5.92 Å². The Hall–Kier alpha value is -1.39. The van der Waals surface area contributed by atoms with Crippen molar-refractivity contribution in [1.82, 2.24) is 9.80 Å². The highest BCUT2D eigenvalue weighted by Crippen LogP contribution is 2.25. The van der Waals surface area contributed by atoms with Gasteiger partial charge in [0.2, 0.25) is 5.91 Å². The van der Waals surface area contributed by atoms with Gasteiger partial charge >= 0.3 is 0 Å². The van der Waals surface area contributed by atoms with E-state index in [1.54, 1.807) is 0 Å². The van der Waals surface area contributed by atoms with E-state index < -0.39 is 0 Å². The Morgan fingerprint density at radius 2 is 1.95 bits per heavy atom. The molecule has 0 saturated carbocycles. The lowest BCUT2D eigenvalue weighted by molar-refractivity contribution is -0.128. The van der Waals surface area contributed by atoms with Gasteiger partial charge in [-0.15, -0.1) is 0 Å². The molecule has 1 aromatic rings. The molecule has 1 aromatic carbocycles. The van der Waals surface area contributed by atoms with Gasteiger partial charge in [-0.1, -0.05) is 44.2 Å². The maximum Gasteiger partial charge on any atom is 0.223 e. The molecule has 1 aliphatic heterocycles. The number of hydrogen-bond donors (Lipinski definition) is 1. The zero-order chi connectivity index (χ0) is 15.2. The fourth-order valence-electron chi connectivity index (χ4n) is 3.13. The number of nitrogens with zero attached hydrogens (tertiary/aromatic N) is 2. The fourth-order valence-corrected chi connectivity index (χ4v) is 3.13. The Balaban J connectivity index is 2.15. The Kier molecular flexibility index (Phi) is 5.76. The third kappa shape index (κ3) is 3.83. The van der Waals surface area contributed by atoms with E-state index in [0.29, 0.717) is 19.5 Å². The lowest BCUT2D eigenvalue weighted by Gasteiger charge is -2.33. The summed E-state index contributed by atoms with van der Waals surface area (Å²) in [7, 11) is 0. The highest BCUT2D eigenvalue weighted by molar-refractivity contribution is 5.78. The Morgan fingerprint density at radius 1 is 1.29 bits per heavy atom. The van der Waals surface area contributed by atoms with Gasteiger partial charge in [0, 0.05) is 32.0 Å². The van der Waals surface area contributed by atoms with Crippen LogP contribution in [0.5, 0.6) is 0 Å². The van der Waals surface area contributed by atoms with Gasteiger partial charge in [0.05, 0.1) is 6.04 Å². The second-order valence-electron chi connectivity index (χ2n) is 5.70. The number of benzene rings is 1. The molecule has 1 saturated heterocycles. The molecule has 2 unspecified atom stereocenters. The van der Waals surface area contributed by atoms with Crippen LogP contribution in [0.4, 0.5) is 0 Å². The molecule has 116 valence electrons. The highest BCUT2D eigenvalue weighted by Gasteiger charge is 2.32. The first-order valence-corrected chi connectivity index (χ1v) is 7.87. The van der Waals surface area contributed by atoms with Gasteiger partial charge in [0.15, 0.2) is 0 Å². The van der Waals surface area contributed by atoms with E-state index in [0.717, 1.165) is 13.1 Å². The number of rotatable bonds is 7. The van der Waals surface area contributed by atoms with Gasteiger partial charge < -0.3 is 10.0 Å². The quantitative estimate of drug-likeness (QED) is 0.834. The molecule has 1 amide bonds. The van der Waals surface area contributed by atoms with E-state index in [-0.39, 0.29) is 24.5 Å². The third-order valence-electron chi connectivity index (χ3n) is 4.38. The molecule has 2 rings (SSSR count). The molecule has 1 N–H and O–H groups in total. The van der Waals surface area contributed by atoms with Crippen molar-refractivity contribution in [1.29, 1.82) is 0 Å². The first-order valence-electron chi connectivity index (χ1n) is 7.87. The van der Waals surface area contributed by atoms with Gasteiger partial charge in [0.25, 0.3) is 0 Å². The predicted molar refractivity (Wildman–Crippen MR) is 83.9 cm³/mol. The smallest absolute Gasteiger partial charge is 0.223 e. The molecule has 0 aromatic heterocycles. The molecular weight excluding hydrogens is 264 g/mol. The Morgan fingerprint density at radius 3 is 2.48 bits per heavy atom. The number of likely N-dealkylation sites (N-methyl/N-ethyl adjacent to an activating group) is 1. The summed E-state index contributed by atoms with van der Waals surface area (Å²) in [6.45, 7) is 7.72. The summed E-state index contributed by atoms with van der Waals surface area (Å²) in [5.74, 6) is 0.271. The third-order valence-corrected chi connectivity index (χ3v) is 4.38. The summed E-state index contributed by atoms with van der Waals surface area (Å²) in [4.78, 5) is 16.4. The summed E-state index contributed by atoms with van der Waals surface area (Å²) in [5, 5.41) is 9.26. The maximum absolute atomic E-state index is 12.1. The molecule has 4 nitrogen and oxygen atoms in total. The van der Waals surface area contributed by atoms with Crippen LogP contribution in [0.1, 0.15) is 31.9 Å². The molecule has 0 aliphatic carbocycles. The largest absolute Gasteiger partial charge is 0.396 e. The highest BCUT2D eigenvalue weighted by atomic mass is 16.3. The Labute approximate surface area is 127 Å².